The van der Waals surface area contributed by atoms with E-state index < -0.39 is 18.4 Å². The standard InChI is InChI=1S/C90H165NO8/c1-6-8-10-12-14-16-18-20-22-24-26-28-30-32-34-36-38-40-41-42-43-44-45-46-47-49-50-52-54-56-58-60-62-64-66-68-70-72-74-76-78-80-87(92)97-84-86(85-98-90(89(94)95)96-83-82-91(3,4)5)99-88(93)81-79-77-75-73-71-69-67-65-63-61-59-57-55-53-51-48-39-37-35-33-31-29-27-25-23-21-19-17-15-13-11-9-7-2/h9,11,15,17-18,20-21,23-24,26-27,29,86,90H,6-8,10,12-14,16,19,22,25,28,30-85H2,1-5H3/p+1/b11-9-,17-15-,20-18-,23-21-,26-24-,29-27-. The Kier molecular flexibility index (Phi) is 77.8. The van der Waals surface area contributed by atoms with Gasteiger partial charge in [0.1, 0.15) is 13.2 Å². The van der Waals surface area contributed by atoms with E-state index in [0.29, 0.717) is 17.4 Å². The fourth-order valence-electron chi connectivity index (χ4n) is 12.9. The molecule has 9 nitrogen and oxygen atoms in total. The van der Waals surface area contributed by atoms with Gasteiger partial charge < -0.3 is 28.5 Å². The maximum absolute atomic E-state index is 13.0. The third-order valence-corrected chi connectivity index (χ3v) is 19.4. The molecule has 0 fully saturated rings. The van der Waals surface area contributed by atoms with E-state index in [1.165, 1.54) is 327 Å². The summed E-state index contributed by atoms with van der Waals surface area (Å²) < 4.78 is 23.1. The SMILES string of the molecule is CC/C=C\C/C=C\C/C=C\C/C=C\CCCCCCCCCCCCCCCCCCCCCCC(=O)OC(COC(=O)CCCCCCCCCCCCCCCCCCCCCCCCCCCCCCC/C=C\C/C=C\CCCCCCC)COC(OCC[N+](C)(C)C)C(=O)O. The summed E-state index contributed by atoms with van der Waals surface area (Å²) in [6, 6.07) is 0. The van der Waals surface area contributed by atoms with Crippen molar-refractivity contribution in [1.29, 1.82) is 0 Å². The van der Waals surface area contributed by atoms with Gasteiger partial charge in [0.15, 0.2) is 6.10 Å². The Bertz CT molecular complexity index is 1860. The average molecular weight is 1390 g/mol. The number of aliphatic carboxylic acids is 1. The Morgan fingerprint density at radius 3 is 0.859 bits per heavy atom. The first-order valence-electron chi connectivity index (χ1n) is 43.1. The number of esters is 2. The van der Waals surface area contributed by atoms with Crippen molar-refractivity contribution in [2.24, 2.45) is 0 Å². The number of quaternary nitrogens is 1. The molecule has 578 valence electrons. The minimum atomic E-state index is -1.51. The number of hydrogen-bond donors (Lipinski definition) is 1. The van der Waals surface area contributed by atoms with Gasteiger partial charge in [-0.25, -0.2) is 4.79 Å². The number of unbranched alkanes of at least 4 members (excludes halogenated alkanes) is 54. The summed E-state index contributed by atoms with van der Waals surface area (Å²) >= 11 is 0. The molecular formula is C90H166NO8+. The lowest BCUT2D eigenvalue weighted by molar-refractivity contribution is -0.870. The molecular weight excluding hydrogens is 1220 g/mol. The summed E-state index contributed by atoms with van der Waals surface area (Å²) in [7, 11) is 6.00. The molecule has 0 aliphatic heterocycles. The van der Waals surface area contributed by atoms with Crippen LogP contribution in [0.3, 0.4) is 0 Å². The van der Waals surface area contributed by atoms with Gasteiger partial charge in [0.25, 0.3) is 6.29 Å². The average Bonchev–Trinajstić information content (AvgIpc) is 1.57. The molecule has 0 aliphatic carbocycles. The Labute approximate surface area is 615 Å². The van der Waals surface area contributed by atoms with Crippen molar-refractivity contribution in [3.8, 4) is 0 Å². The number of ether oxygens (including phenoxy) is 4. The molecule has 0 aromatic heterocycles. The zero-order chi connectivity index (χ0) is 71.8. The molecule has 0 saturated carbocycles. The van der Waals surface area contributed by atoms with Crippen LogP contribution in [-0.2, 0) is 33.3 Å². The van der Waals surface area contributed by atoms with Gasteiger partial charge in [-0.15, -0.1) is 0 Å². The minimum absolute atomic E-state index is 0.177. The molecule has 99 heavy (non-hydrogen) atoms. The fourth-order valence-corrected chi connectivity index (χ4v) is 12.9. The topological polar surface area (TPSA) is 108 Å². The van der Waals surface area contributed by atoms with Crippen molar-refractivity contribution >= 4 is 17.9 Å². The van der Waals surface area contributed by atoms with E-state index in [4.69, 9.17) is 18.9 Å². The Hall–Kier alpha value is -3.27. The van der Waals surface area contributed by atoms with Crippen LogP contribution in [0, 0.1) is 0 Å². The highest BCUT2D eigenvalue weighted by Gasteiger charge is 2.25. The van der Waals surface area contributed by atoms with E-state index in [2.05, 4.69) is 86.8 Å². The van der Waals surface area contributed by atoms with Crippen LogP contribution in [0.15, 0.2) is 72.9 Å². The fraction of sp³-hybridized carbons (Fsp3) is 0.833. The lowest BCUT2D eigenvalue weighted by Gasteiger charge is -2.25. The zero-order valence-corrected chi connectivity index (χ0v) is 66.4. The second-order valence-electron chi connectivity index (χ2n) is 30.5. The van der Waals surface area contributed by atoms with Crippen LogP contribution in [0.2, 0.25) is 0 Å². The van der Waals surface area contributed by atoms with E-state index in [1.807, 2.05) is 21.1 Å². The monoisotopic (exact) mass is 1390 g/mol. The number of hydrogen-bond acceptors (Lipinski definition) is 7. The molecule has 2 atom stereocenters. The number of carboxylic acid groups (broad SMARTS) is 1. The summed E-state index contributed by atoms with van der Waals surface area (Å²) in [5, 5.41) is 9.79. The second kappa shape index (κ2) is 80.4. The van der Waals surface area contributed by atoms with Crippen LogP contribution in [-0.4, -0.2) is 87.4 Å². The van der Waals surface area contributed by atoms with Crippen LogP contribution < -0.4 is 0 Å². The van der Waals surface area contributed by atoms with Crippen molar-refractivity contribution in [2.45, 2.75) is 437 Å². The smallest absolute Gasteiger partial charge is 0.361 e. The third-order valence-electron chi connectivity index (χ3n) is 19.4. The van der Waals surface area contributed by atoms with Gasteiger partial charge in [0.2, 0.25) is 0 Å². The van der Waals surface area contributed by atoms with Gasteiger partial charge >= 0.3 is 17.9 Å². The molecule has 0 spiro atoms. The predicted octanol–water partition coefficient (Wildman–Crippen LogP) is 27.9. The highest BCUT2D eigenvalue weighted by atomic mass is 16.7. The van der Waals surface area contributed by atoms with Gasteiger partial charge in [0.05, 0.1) is 34.4 Å². The number of likely N-dealkylation sites (N-methyl/N-ethyl adjacent to an activating group) is 1. The lowest BCUT2D eigenvalue weighted by Crippen LogP contribution is -2.40. The lowest BCUT2D eigenvalue weighted by atomic mass is 10.0. The van der Waals surface area contributed by atoms with Crippen molar-refractivity contribution < 1.29 is 42.9 Å². The summed E-state index contributed by atoms with van der Waals surface area (Å²) in [6.07, 6.45) is 107. The summed E-state index contributed by atoms with van der Waals surface area (Å²) in [4.78, 5) is 37.8. The predicted molar refractivity (Wildman–Crippen MR) is 429 cm³/mol. The maximum atomic E-state index is 13.0. The van der Waals surface area contributed by atoms with E-state index in [9.17, 15) is 19.5 Å². The van der Waals surface area contributed by atoms with Crippen LogP contribution >= 0.6 is 0 Å². The largest absolute Gasteiger partial charge is 0.477 e. The van der Waals surface area contributed by atoms with Gasteiger partial charge in [-0.1, -0.05) is 401 Å². The van der Waals surface area contributed by atoms with Crippen molar-refractivity contribution in [3.05, 3.63) is 72.9 Å². The van der Waals surface area contributed by atoms with Crippen molar-refractivity contribution in [1.82, 2.24) is 0 Å². The molecule has 0 bridgehead atoms. The number of allylic oxidation sites excluding steroid dienone is 12. The van der Waals surface area contributed by atoms with Gasteiger partial charge in [-0.2, -0.15) is 0 Å². The number of carbonyl (C=O) groups is 3. The van der Waals surface area contributed by atoms with E-state index >= 15 is 0 Å². The van der Waals surface area contributed by atoms with E-state index in [-0.39, 0.29) is 38.2 Å². The van der Waals surface area contributed by atoms with Gasteiger partial charge in [0, 0.05) is 12.8 Å². The number of rotatable bonds is 81. The van der Waals surface area contributed by atoms with Crippen LogP contribution in [0.25, 0.3) is 0 Å². The van der Waals surface area contributed by atoms with Crippen molar-refractivity contribution in [3.63, 3.8) is 0 Å². The number of nitrogens with zero attached hydrogens (tertiary/aromatic N) is 1. The van der Waals surface area contributed by atoms with Crippen molar-refractivity contribution in [2.75, 3.05) is 47.5 Å². The first-order chi connectivity index (χ1) is 48.6. The van der Waals surface area contributed by atoms with Crippen LogP contribution in [0.1, 0.15) is 425 Å². The summed E-state index contributed by atoms with van der Waals surface area (Å²) in [5.74, 6) is -1.97. The molecule has 0 rings (SSSR count). The molecule has 0 saturated heterocycles. The minimum Gasteiger partial charge on any atom is -0.477 e. The molecule has 0 aliphatic rings. The molecule has 0 amide bonds. The highest BCUT2D eigenvalue weighted by Crippen LogP contribution is 2.20. The van der Waals surface area contributed by atoms with Crippen LogP contribution in [0.4, 0.5) is 0 Å². The van der Waals surface area contributed by atoms with E-state index in [0.717, 1.165) is 70.6 Å². The molecule has 1 N–H and O–H groups in total. The zero-order valence-electron chi connectivity index (χ0n) is 66.4. The third kappa shape index (κ3) is 81.9. The first-order valence-corrected chi connectivity index (χ1v) is 43.1. The maximum Gasteiger partial charge on any atom is 0.361 e. The first kappa shape index (κ1) is 95.7. The molecule has 0 aromatic carbocycles. The second-order valence-corrected chi connectivity index (χ2v) is 30.5. The van der Waals surface area contributed by atoms with Crippen LogP contribution in [0.5, 0.6) is 0 Å². The summed E-state index contributed by atoms with van der Waals surface area (Å²) in [5.41, 5.74) is 0. The quantitative estimate of drug-likeness (QED) is 0.0211. The highest BCUT2D eigenvalue weighted by molar-refractivity contribution is 5.71. The molecule has 9 heteroatoms. The molecule has 0 radical (unpaired) electrons. The summed E-state index contributed by atoms with van der Waals surface area (Å²) in [6.45, 7) is 4.82. The Morgan fingerprint density at radius 1 is 0.313 bits per heavy atom. The normalized spacial score (nSPS) is 12.9. The number of carbonyl (C=O) groups excluding carboxylic acids is 2. The van der Waals surface area contributed by atoms with Gasteiger partial charge in [-0.05, 0) is 83.5 Å². The van der Waals surface area contributed by atoms with E-state index in [1.54, 1.807) is 0 Å². The number of carboxylic acids is 1. The molecule has 2 unspecified atom stereocenters. The Balaban J connectivity index is 3.91. The molecule has 0 heterocycles. The van der Waals surface area contributed by atoms with Gasteiger partial charge in [-0.3, -0.25) is 9.59 Å². The molecule has 0 aromatic rings. The Morgan fingerprint density at radius 2 is 0.576 bits per heavy atom.